The Bertz CT molecular complexity index is 1250. The molecule has 0 spiro atoms. The highest BCUT2D eigenvalue weighted by Gasteiger charge is 2.36. The van der Waals surface area contributed by atoms with Crippen molar-refractivity contribution in [2.75, 3.05) is 5.73 Å². The molecule has 0 amide bonds. The average Bonchev–Trinajstić information content (AvgIpc) is 3.13. The Morgan fingerprint density at radius 3 is 2.71 bits per heavy atom. The molecule has 0 radical (unpaired) electrons. The summed E-state index contributed by atoms with van der Waals surface area (Å²) in [6.07, 6.45) is 4.63. The number of ether oxygens (including phenoxy) is 1. The number of nitrogens with two attached hydrogens (primary N) is 1. The first kappa shape index (κ1) is 19.1. The first-order chi connectivity index (χ1) is 15.1. The largest absolute Gasteiger partial charge is 0.489 e. The van der Waals surface area contributed by atoms with E-state index >= 15 is 0 Å². The third-order valence-electron chi connectivity index (χ3n) is 5.89. The average molecular weight is 414 g/mol. The second-order valence-electron chi connectivity index (χ2n) is 7.87. The molecule has 0 aliphatic heterocycles. The zero-order chi connectivity index (χ0) is 21.4. The molecule has 1 aliphatic carbocycles. The molecule has 0 unspecified atom stereocenters. The molecule has 2 heterocycles. The van der Waals surface area contributed by atoms with Gasteiger partial charge in [-0.1, -0.05) is 42.5 Å². The number of benzene rings is 2. The summed E-state index contributed by atoms with van der Waals surface area (Å²) < 4.78 is 8.03. The summed E-state index contributed by atoms with van der Waals surface area (Å²) in [5.41, 5.74) is 9.91. The normalized spacial score (nSPS) is 17.9. The predicted molar refractivity (Wildman–Crippen MR) is 118 cm³/mol. The number of anilines is 1. The maximum Gasteiger partial charge on any atom is 0.306 e. The van der Waals surface area contributed by atoms with Crippen LogP contribution in [0.5, 0.6) is 5.75 Å². The lowest BCUT2D eigenvalue weighted by atomic mass is 9.80. The van der Waals surface area contributed by atoms with Crippen LogP contribution in [0.1, 0.15) is 24.4 Å². The van der Waals surface area contributed by atoms with E-state index in [9.17, 15) is 9.90 Å². The minimum Gasteiger partial charge on any atom is -0.489 e. The number of rotatable bonds is 6. The maximum atomic E-state index is 11.2. The summed E-state index contributed by atoms with van der Waals surface area (Å²) >= 11 is 0. The van der Waals surface area contributed by atoms with Gasteiger partial charge in [0.15, 0.2) is 0 Å². The van der Waals surface area contributed by atoms with Crippen LogP contribution in [-0.2, 0) is 11.4 Å². The Kier molecular flexibility index (Phi) is 4.78. The van der Waals surface area contributed by atoms with Gasteiger partial charge in [-0.05, 0) is 36.1 Å². The molecule has 5 rings (SSSR count). The van der Waals surface area contributed by atoms with Crippen molar-refractivity contribution >= 4 is 22.8 Å². The molecule has 7 heteroatoms. The summed E-state index contributed by atoms with van der Waals surface area (Å²) in [5.74, 6) is 0.112. The number of hydrogen-bond acceptors (Lipinski definition) is 5. The lowest BCUT2D eigenvalue weighted by molar-refractivity contribution is -0.145. The topological polar surface area (TPSA) is 103 Å². The lowest BCUT2D eigenvalue weighted by Gasteiger charge is -2.33. The van der Waals surface area contributed by atoms with E-state index in [-0.39, 0.29) is 12.0 Å². The van der Waals surface area contributed by atoms with Crippen LogP contribution in [0.15, 0.2) is 67.1 Å². The molecule has 0 saturated heterocycles. The van der Waals surface area contributed by atoms with Gasteiger partial charge >= 0.3 is 5.97 Å². The third-order valence-corrected chi connectivity index (χ3v) is 5.89. The number of nitrogen functional groups attached to an aromatic ring is 1. The molecule has 31 heavy (non-hydrogen) atoms. The first-order valence-electron chi connectivity index (χ1n) is 10.2. The second-order valence-corrected chi connectivity index (χ2v) is 7.87. The Morgan fingerprint density at radius 1 is 1.13 bits per heavy atom. The molecular formula is C24H22N4O3. The number of fused-ring (bicyclic) bond motifs is 1. The predicted octanol–water partition coefficient (Wildman–Crippen LogP) is 4.30. The Morgan fingerprint density at radius 2 is 1.94 bits per heavy atom. The van der Waals surface area contributed by atoms with Crippen LogP contribution in [0.3, 0.4) is 0 Å². The monoisotopic (exact) mass is 414 g/mol. The van der Waals surface area contributed by atoms with Crippen molar-refractivity contribution in [3.05, 3.63) is 72.7 Å². The van der Waals surface area contributed by atoms with Gasteiger partial charge in [-0.25, -0.2) is 9.97 Å². The van der Waals surface area contributed by atoms with Crippen LogP contribution in [-0.4, -0.2) is 25.6 Å². The SMILES string of the molecule is Nc1ncnc2c1c(-c1cccc(OCc3ccccc3)c1)cn2[C@H]1C[C@H](C(=O)O)C1. The molecule has 0 atom stereocenters. The quantitative estimate of drug-likeness (QED) is 0.488. The van der Waals surface area contributed by atoms with E-state index < -0.39 is 5.97 Å². The Labute approximate surface area is 179 Å². The van der Waals surface area contributed by atoms with Gasteiger partial charge in [-0.15, -0.1) is 0 Å². The third kappa shape index (κ3) is 3.59. The van der Waals surface area contributed by atoms with E-state index in [0.717, 1.165) is 33.5 Å². The van der Waals surface area contributed by atoms with Crippen LogP contribution < -0.4 is 10.5 Å². The molecule has 4 aromatic rings. The van der Waals surface area contributed by atoms with Crippen molar-refractivity contribution in [2.45, 2.75) is 25.5 Å². The fourth-order valence-electron chi connectivity index (χ4n) is 4.12. The van der Waals surface area contributed by atoms with E-state index in [1.54, 1.807) is 0 Å². The zero-order valence-corrected chi connectivity index (χ0v) is 16.8. The number of carbonyl (C=O) groups is 1. The van der Waals surface area contributed by atoms with Crippen molar-refractivity contribution in [3.8, 4) is 16.9 Å². The number of carboxylic acids is 1. The molecule has 0 bridgehead atoms. The van der Waals surface area contributed by atoms with E-state index in [4.69, 9.17) is 10.5 Å². The van der Waals surface area contributed by atoms with Gasteiger partial charge in [-0.3, -0.25) is 4.79 Å². The standard InChI is InChI=1S/C24H22N4O3/c25-22-21-20(12-28(23(21)27-14-26-22)18-9-17(10-18)24(29)30)16-7-4-8-19(11-16)31-13-15-5-2-1-3-6-15/h1-8,11-12,14,17-18H,9-10,13H2,(H,29,30)(H2,25,26,27)/t17-,18-. The molecular weight excluding hydrogens is 392 g/mol. The van der Waals surface area contributed by atoms with Crippen LogP contribution in [0.25, 0.3) is 22.2 Å². The van der Waals surface area contributed by atoms with Gasteiger partial charge in [0.05, 0.1) is 11.3 Å². The highest BCUT2D eigenvalue weighted by atomic mass is 16.5. The number of aromatic nitrogens is 3. The number of carboxylic acid groups (broad SMARTS) is 1. The second kappa shape index (κ2) is 7.75. The van der Waals surface area contributed by atoms with Crippen LogP contribution in [0.4, 0.5) is 5.82 Å². The molecule has 1 fully saturated rings. The van der Waals surface area contributed by atoms with Crippen molar-refractivity contribution in [1.82, 2.24) is 14.5 Å². The maximum absolute atomic E-state index is 11.2. The highest BCUT2D eigenvalue weighted by molar-refractivity contribution is 6.00. The van der Waals surface area contributed by atoms with Gasteiger partial charge in [0.1, 0.15) is 30.1 Å². The van der Waals surface area contributed by atoms with Gasteiger partial charge in [0, 0.05) is 17.8 Å². The first-order valence-corrected chi connectivity index (χ1v) is 10.2. The fraction of sp³-hybridized carbons (Fsp3) is 0.208. The number of nitrogens with zero attached hydrogens (tertiary/aromatic N) is 3. The fourth-order valence-corrected chi connectivity index (χ4v) is 4.12. The molecule has 156 valence electrons. The van der Waals surface area contributed by atoms with E-state index in [1.165, 1.54) is 6.33 Å². The molecule has 3 N–H and O–H groups in total. The minimum atomic E-state index is -0.745. The van der Waals surface area contributed by atoms with Gasteiger partial charge in [0.25, 0.3) is 0 Å². The summed E-state index contributed by atoms with van der Waals surface area (Å²) in [6, 6.07) is 18.0. The minimum absolute atomic E-state index is 0.0872. The van der Waals surface area contributed by atoms with E-state index in [2.05, 4.69) is 9.97 Å². The molecule has 2 aromatic heterocycles. The van der Waals surface area contributed by atoms with E-state index in [1.807, 2.05) is 65.4 Å². The highest BCUT2D eigenvalue weighted by Crippen LogP contribution is 2.43. The van der Waals surface area contributed by atoms with Crippen molar-refractivity contribution in [3.63, 3.8) is 0 Å². The number of aliphatic carboxylic acids is 1. The van der Waals surface area contributed by atoms with Gasteiger partial charge in [-0.2, -0.15) is 0 Å². The zero-order valence-electron chi connectivity index (χ0n) is 16.8. The summed E-state index contributed by atoms with van der Waals surface area (Å²) in [5, 5.41) is 10.0. The molecule has 7 nitrogen and oxygen atoms in total. The van der Waals surface area contributed by atoms with Gasteiger partial charge < -0.3 is 20.1 Å². The van der Waals surface area contributed by atoms with Crippen LogP contribution >= 0.6 is 0 Å². The molecule has 2 aromatic carbocycles. The van der Waals surface area contributed by atoms with Crippen LogP contribution in [0, 0.1) is 5.92 Å². The van der Waals surface area contributed by atoms with Crippen LogP contribution in [0.2, 0.25) is 0 Å². The Balaban J connectivity index is 1.48. The number of hydrogen-bond donors (Lipinski definition) is 2. The summed E-state index contributed by atoms with van der Waals surface area (Å²) in [4.78, 5) is 19.9. The van der Waals surface area contributed by atoms with E-state index in [0.29, 0.717) is 25.3 Å². The lowest BCUT2D eigenvalue weighted by Crippen LogP contribution is -2.32. The van der Waals surface area contributed by atoms with Crippen molar-refractivity contribution < 1.29 is 14.6 Å². The molecule has 1 saturated carbocycles. The molecule has 1 aliphatic rings. The van der Waals surface area contributed by atoms with Gasteiger partial charge in [0.2, 0.25) is 0 Å². The Hall–Kier alpha value is -3.87. The van der Waals surface area contributed by atoms with Crippen molar-refractivity contribution in [1.29, 1.82) is 0 Å². The summed E-state index contributed by atoms with van der Waals surface area (Å²) in [6.45, 7) is 0.482. The smallest absolute Gasteiger partial charge is 0.306 e. The van der Waals surface area contributed by atoms with Crippen molar-refractivity contribution in [2.24, 2.45) is 5.92 Å². The summed E-state index contributed by atoms with van der Waals surface area (Å²) in [7, 11) is 0.